The van der Waals surface area contributed by atoms with Gasteiger partial charge in [-0.3, -0.25) is 9.59 Å². The maximum Gasteiger partial charge on any atom is 0.408 e. The van der Waals surface area contributed by atoms with E-state index < -0.39 is 30.6 Å². The van der Waals surface area contributed by atoms with Gasteiger partial charge in [0.2, 0.25) is 5.91 Å². The lowest BCUT2D eigenvalue weighted by Crippen LogP contribution is -2.48. The van der Waals surface area contributed by atoms with Crippen molar-refractivity contribution in [1.82, 2.24) is 10.6 Å². The fourth-order valence-corrected chi connectivity index (χ4v) is 2.32. The summed E-state index contributed by atoms with van der Waals surface area (Å²) in [6, 6.07) is 6.16. The number of hydrogen-bond acceptors (Lipinski definition) is 6. The van der Waals surface area contributed by atoms with Crippen molar-refractivity contribution in [3.8, 4) is 5.75 Å². The Hall–Kier alpha value is -2.42. The molecule has 0 saturated carbocycles. The van der Waals surface area contributed by atoms with Crippen molar-refractivity contribution in [2.75, 3.05) is 25.7 Å². The number of benzene rings is 1. The summed E-state index contributed by atoms with van der Waals surface area (Å²) in [5.41, 5.74) is 0.770. The Bertz CT molecular complexity index is 578. The number of aliphatic carboxylic acids is 1. The number of hydrogen-bond donors (Lipinski definition) is 3. The van der Waals surface area contributed by atoms with Gasteiger partial charge < -0.3 is 25.2 Å². The molecular formula is C16H22N2O6S. The van der Waals surface area contributed by atoms with Gasteiger partial charge in [-0.1, -0.05) is 12.1 Å². The second-order valence-corrected chi connectivity index (χ2v) is 6.00. The van der Waals surface area contributed by atoms with Gasteiger partial charge in [-0.2, -0.15) is 11.8 Å². The van der Waals surface area contributed by atoms with E-state index in [-0.39, 0.29) is 6.61 Å². The van der Waals surface area contributed by atoms with Gasteiger partial charge >= 0.3 is 12.1 Å². The van der Waals surface area contributed by atoms with Crippen molar-refractivity contribution in [1.29, 1.82) is 0 Å². The maximum absolute atomic E-state index is 12.0. The highest BCUT2D eigenvalue weighted by molar-refractivity contribution is 7.98. The van der Waals surface area contributed by atoms with Crippen LogP contribution in [0.3, 0.4) is 0 Å². The number of carbonyl (C=O) groups excluding carboxylic acids is 2. The smallest absolute Gasteiger partial charge is 0.408 e. The van der Waals surface area contributed by atoms with Crippen LogP contribution in [0.1, 0.15) is 12.0 Å². The van der Waals surface area contributed by atoms with Crippen molar-refractivity contribution < 1.29 is 29.0 Å². The molecule has 3 N–H and O–H groups in total. The highest BCUT2D eigenvalue weighted by Crippen LogP contribution is 2.12. The summed E-state index contributed by atoms with van der Waals surface area (Å²) in [6.07, 6.45) is 1.49. The van der Waals surface area contributed by atoms with Crippen LogP contribution in [0.5, 0.6) is 5.75 Å². The Morgan fingerprint density at radius 1 is 1.24 bits per heavy atom. The number of carbonyl (C=O) groups is 3. The Balaban J connectivity index is 2.51. The van der Waals surface area contributed by atoms with E-state index in [0.29, 0.717) is 17.9 Å². The van der Waals surface area contributed by atoms with E-state index in [4.69, 9.17) is 14.6 Å². The van der Waals surface area contributed by atoms with E-state index >= 15 is 0 Å². The molecule has 1 aromatic carbocycles. The summed E-state index contributed by atoms with van der Waals surface area (Å²) in [4.78, 5) is 34.4. The zero-order chi connectivity index (χ0) is 18.7. The Morgan fingerprint density at radius 2 is 1.92 bits per heavy atom. The van der Waals surface area contributed by atoms with Crippen molar-refractivity contribution in [2.24, 2.45) is 0 Å². The second kappa shape index (κ2) is 11.2. The number of ether oxygens (including phenoxy) is 2. The maximum atomic E-state index is 12.0. The van der Waals surface area contributed by atoms with Crippen molar-refractivity contribution >= 4 is 29.7 Å². The number of alkyl carbamates (subject to hydrolysis) is 1. The molecule has 1 aromatic rings. The molecule has 0 spiro atoms. The number of nitrogens with one attached hydrogen (secondary N) is 2. The first-order valence-electron chi connectivity index (χ1n) is 7.51. The number of carboxylic acids is 1. The molecular weight excluding hydrogens is 348 g/mol. The molecule has 0 radical (unpaired) electrons. The molecule has 0 aliphatic heterocycles. The zero-order valence-corrected chi connectivity index (χ0v) is 14.9. The average Bonchev–Trinajstić information content (AvgIpc) is 2.61. The zero-order valence-electron chi connectivity index (χ0n) is 14.1. The van der Waals surface area contributed by atoms with Gasteiger partial charge in [0.15, 0.2) is 0 Å². The van der Waals surface area contributed by atoms with Crippen LogP contribution in [0.15, 0.2) is 24.3 Å². The van der Waals surface area contributed by atoms with Crippen LogP contribution in [0, 0.1) is 0 Å². The van der Waals surface area contributed by atoms with Crippen molar-refractivity contribution in [2.45, 2.75) is 19.1 Å². The SMILES string of the molecule is COc1ccc(COC(=O)N[C@@H](CCSC)C(=O)NCC(=O)O)cc1. The van der Waals surface area contributed by atoms with Crippen LogP contribution in [0.25, 0.3) is 0 Å². The van der Waals surface area contributed by atoms with Gasteiger partial charge in [-0.05, 0) is 36.1 Å². The van der Waals surface area contributed by atoms with Crippen molar-refractivity contribution in [3.05, 3.63) is 29.8 Å². The first kappa shape index (κ1) is 20.6. The molecule has 0 saturated heterocycles. The van der Waals surface area contributed by atoms with Gasteiger partial charge in [-0.15, -0.1) is 0 Å². The molecule has 0 aromatic heterocycles. The van der Waals surface area contributed by atoms with Crippen LogP contribution >= 0.6 is 11.8 Å². The van der Waals surface area contributed by atoms with E-state index in [2.05, 4.69) is 10.6 Å². The highest BCUT2D eigenvalue weighted by Gasteiger charge is 2.21. The predicted octanol–water partition coefficient (Wildman–Crippen LogP) is 1.24. The molecule has 8 nitrogen and oxygen atoms in total. The molecule has 1 atom stereocenters. The molecule has 0 fully saturated rings. The molecule has 0 aliphatic rings. The van der Waals surface area contributed by atoms with Gasteiger partial charge in [0, 0.05) is 0 Å². The topological polar surface area (TPSA) is 114 Å². The summed E-state index contributed by atoms with van der Waals surface area (Å²) in [5.74, 6) is -0.387. The van der Waals surface area contributed by atoms with Gasteiger partial charge in [-0.25, -0.2) is 4.79 Å². The largest absolute Gasteiger partial charge is 0.497 e. The molecule has 9 heteroatoms. The Kier molecular flexibility index (Phi) is 9.23. The summed E-state index contributed by atoms with van der Waals surface area (Å²) in [6.45, 7) is -0.459. The Morgan fingerprint density at radius 3 is 2.48 bits per heavy atom. The summed E-state index contributed by atoms with van der Waals surface area (Å²) < 4.78 is 10.1. The first-order chi connectivity index (χ1) is 12.0. The third kappa shape index (κ3) is 8.30. The van der Waals surface area contributed by atoms with Crippen LogP contribution in [0.2, 0.25) is 0 Å². The van der Waals surface area contributed by atoms with Gasteiger partial charge in [0.1, 0.15) is 24.9 Å². The molecule has 1 rings (SSSR count). The minimum absolute atomic E-state index is 0.0435. The fourth-order valence-electron chi connectivity index (χ4n) is 1.85. The normalized spacial score (nSPS) is 11.3. The van der Waals surface area contributed by atoms with Crippen LogP contribution in [-0.2, 0) is 20.9 Å². The molecule has 0 bridgehead atoms. The quantitative estimate of drug-likeness (QED) is 0.568. The number of amides is 2. The molecule has 0 unspecified atom stereocenters. The third-order valence-electron chi connectivity index (χ3n) is 3.16. The Labute approximate surface area is 150 Å². The third-order valence-corrected chi connectivity index (χ3v) is 3.81. The summed E-state index contributed by atoms with van der Waals surface area (Å²) in [7, 11) is 1.56. The van der Waals surface area contributed by atoms with Gasteiger partial charge in [0.25, 0.3) is 0 Å². The van der Waals surface area contributed by atoms with E-state index in [1.54, 1.807) is 31.4 Å². The van der Waals surface area contributed by atoms with Crippen molar-refractivity contribution in [3.63, 3.8) is 0 Å². The summed E-state index contributed by atoms with van der Waals surface area (Å²) >= 11 is 1.51. The number of rotatable bonds is 10. The summed E-state index contributed by atoms with van der Waals surface area (Å²) in [5, 5.41) is 13.3. The minimum atomic E-state index is -1.15. The molecule has 0 aliphatic carbocycles. The molecule has 25 heavy (non-hydrogen) atoms. The van der Waals surface area contributed by atoms with E-state index in [0.717, 1.165) is 5.56 Å². The van der Waals surface area contributed by atoms with Crippen LogP contribution < -0.4 is 15.4 Å². The lowest BCUT2D eigenvalue weighted by Gasteiger charge is -2.17. The van der Waals surface area contributed by atoms with Gasteiger partial charge in [0.05, 0.1) is 7.11 Å². The average molecular weight is 370 g/mol. The lowest BCUT2D eigenvalue weighted by molar-refractivity contribution is -0.138. The van der Waals surface area contributed by atoms with Crippen LogP contribution in [0.4, 0.5) is 4.79 Å². The monoisotopic (exact) mass is 370 g/mol. The van der Waals surface area contributed by atoms with Crippen LogP contribution in [-0.4, -0.2) is 54.8 Å². The van der Waals surface area contributed by atoms with E-state index in [1.807, 2.05) is 6.26 Å². The number of methoxy groups -OCH3 is 1. The number of thioether (sulfide) groups is 1. The predicted molar refractivity (Wildman–Crippen MR) is 93.7 cm³/mol. The van der Waals surface area contributed by atoms with E-state index in [9.17, 15) is 14.4 Å². The number of carboxylic acid groups (broad SMARTS) is 1. The molecule has 2 amide bonds. The standard InChI is InChI=1S/C16H22N2O6S/c1-23-12-5-3-11(4-6-12)10-24-16(22)18-13(7-8-25-2)15(21)17-9-14(19)20/h3-6,13H,7-10H2,1-2H3,(H,17,21)(H,18,22)(H,19,20)/t13-/m0/s1. The van der Waals surface area contributed by atoms with E-state index in [1.165, 1.54) is 11.8 Å². The lowest BCUT2D eigenvalue weighted by atomic mass is 10.2. The minimum Gasteiger partial charge on any atom is -0.497 e. The molecule has 138 valence electrons. The molecule has 0 heterocycles. The second-order valence-electron chi connectivity index (χ2n) is 5.01. The first-order valence-corrected chi connectivity index (χ1v) is 8.90. The highest BCUT2D eigenvalue weighted by atomic mass is 32.2. The fraction of sp³-hybridized carbons (Fsp3) is 0.438.